The van der Waals surface area contributed by atoms with Gasteiger partial charge in [-0.2, -0.15) is 4.98 Å². The minimum atomic E-state index is -0.584. The Morgan fingerprint density at radius 3 is 2.81 bits per heavy atom. The first-order chi connectivity index (χ1) is 9.94. The van der Waals surface area contributed by atoms with Crippen LogP contribution in [0.4, 0.5) is 5.13 Å². The average Bonchev–Trinajstić information content (AvgIpc) is 2.92. The molecule has 1 aromatic heterocycles. The van der Waals surface area contributed by atoms with Gasteiger partial charge >= 0.3 is 6.01 Å². The molecule has 8 heteroatoms. The maximum Gasteiger partial charge on any atom is 0.330 e. The summed E-state index contributed by atoms with van der Waals surface area (Å²) in [4.78, 5) is 6.47. The van der Waals surface area contributed by atoms with Gasteiger partial charge < -0.3 is 24.8 Å². The number of hydrogen-bond acceptors (Lipinski definition) is 8. The number of aliphatic hydroxyl groups excluding tert-OH is 1. The molecule has 7 nitrogen and oxygen atoms in total. The highest BCUT2D eigenvalue weighted by Crippen LogP contribution is 2.21. The monoisotopic (exact) mass is 316 g/mol. The molecule has 0 radical (unpaired) electrons. The Bertz CT molecular complexity index is 429. The Balaban J connectivity index is 1.74. The molecule has 1 fully saturated rings. The molecule has 120 valence electrons. The van der Waals surface area contributed by atoms with Gasteiger partial charge in [0.05, 0.1) is 13.2 Å². The van der Waals surface area contributed by atoms with E-state index in [1.807, 2.05) is 0 Å². The Labute approximate surface area is 129 Å². The van der Waals surface area contributed by atoms with Crippen molar-refractivity contribution in [2.75, 3.05) is 44.4 Å². The largest absolute Gasteiger partial charge is 0.460 e. The number of rotatable bonds is 6. The summed E-state index contributed by atoms with van der Waals surface area (Å²) in [5.74, 6) is 0. The smallest absolute Gasteiger partial charge is 0.330 e. The molecule has 1 aliphatic rings. The number of aliphatic hydroxyl groups is 1. The lowest BCUT2D eigenvalue weighted by Gasteiger charge is -2.25. The van der Waals surface area contributed by atoms with E-state index in [0.717, 1.165) is 18.2 Å². The normalized spacial score (nSPS) is 17.8. The maximum atomic E-state index is 9.86. The Hall–Kier alpha value is -0.960. The van der Waals surface area contributed by atoms with Crippen molar-refractivity contribution in [3.05, 3.63) is 0 Å². The molecule has 2 N–H and O–H groups in total. The third-order valence-electron chi connectivity index (χ3n) is 2.95. The highest BCUT2D eigenvalue weighted by molar-refractivity contribution is 7.09. The number of nitrogens with one attached hydrogen (secondary N) is 1. The fourth-order valence-corrected chi connectivity index (χ4v) is 2.47. The van der Waals surface area contributed by atoms with E-state index in [9.17, 15) is 5.11 Å². The summed E-state index contributed by atoms with van der Waals surface area (Å²) in [5.41, 5.74) is -0.0244. The summed E-state index contributed by atoms with van der Waals surface area (Å²) in [6.45, 7) is 9.90. The molecule has 0 aromatic carbocycles. The molecule has 0 aliphatic carbocycles. The first kappa shape index (κ1) is 16.4. The third kappa shape index (κ3) is 5.74. The van der Waals surface area contributed by atoms with Gasteiger partial charge in [0.2, 0.25) is 5.13 Å². The predicted molar refractivity (Wildman–Crippen MR) is 82.2 cm³/mol. The zero-order chi connectivity index (χ0) is 15.3. The van der Waals surface area contributed by atoms with Crippen LogP contribution in [0.1, 0.15) is 20.8 Å². The van der Waals surface area contributed by atoms with Gasteiger partial charge in [-0.25, -0.2) is 0 Å². The van der Waals surface area contributed by atoms with Crippen molar-refractivity contribution in [3.63, 3.8) is 0 Å². The van der Waals surface area contributed by atoms with E-state index in [-0.39, 0.29) is 12.1 Å². The number of aromatic nitrogens is 2. The van der Waals surface area contributed by atoms with Gasteiger partial charge in [0.15, 0.2) is 0 Å². The van der Waals surface area contributed by atoms with E-state index < -0.39 is 6.10 Å². The second-order valence-corrected chi connectivity index (χ2v) is 6.78. The van der Waals surface area contributed by atoms with Crippen LogP contribution in [0.5, 0.6) is 6.01 Å². The standard InChI is InChI=1S/C13H24N4O3S/c1-13(2,3)14-8-10(18)9-20-11-15-12(21-16-11)17-4-6-19-7-5-17/h10,14,18H,4-9H2,1-3H3. The lowest BCUT2D eigenvalue weighted by atomic mass is 10.1. The maximum absolute atomic E-state index is 9.86. The second-order valence-electron chi connectivity index (χ2n) is 6.05. The molecule has 0 saturated carbocycles. The number of morpholine rings is 1. The molecule has 21 heavy (non-hydrogen) atoms. The van der Waals surface area contributed by atoms with Gasteiger partial charge in [0.25, 0.3) is 0 Å². The van der Waals surface area contributed by atoms with Crippen LogP contribution >= 0.6 is 11.5 Å². The molecule has 2 heterocycles. The van der Waals surface area contributed by atoms with Gasteiger partial charge in [-0.1, -0.05) is 0 Å². The van der Waals surface area contributed by atoms with Crippen molar-refractivity contribution in [2.24, 2.45) is 0 Å². The van der Waals surface area contributed by atoms with Gasteiger partial charge in [-0.05, 0) is 20.8 Å². The fourth-order valence-electron chi connectivity index (χ4n) is 1.80. The van der Waals surface area contributed by atoms with Crippen LogP contribution in [-0.4, -0.2) is 65.6 Å². The number of ether oxygens (including phenoxy) is 2. The minimum absolute atomic E-state index is 0.0244. The van der Waals surface area contributed by atoms with Crippen molar-refractivity contribution in [1.82, 2.24) is 14.7 Å². The second kappa shape index (κ2) is 7.35. The lowest BCUT2D eigenvalue weighted by molar-refractivity contribution is 0.0958. The zero-order valence-electron chi connectivity index (χ0n) is 12.8. The van der Waals surface area contributed by atoms with Crippen molar-refractivity contribution < 1.29 is 14.6 Å². The van der Waals surface area contributed by atoms with Crippen LogP contribution in [0.15, 0.2) is 0 Å². The SMILES string of the molecule is CC(C)(C)NCC(O)COc1nsc(N2CCOCC2)n1. The molecule has 1 unspecified atom stereocenters. The third-order valence-corrected chi connectivity index (χ3v) is 3.71. The fraction of sp³-hybridized carbons (Fsp3) is 0.846. The average molecular weight is 316 g/mol. The van der Waals surface area contributed by atoms with Crippen LogP contribution in [0.3, 0.4) is 0 Å². The molecule has 1 aliphatic heterocycles. The number of hydrogen-bond donors (Lipinski definition) is 2. The summed E-state index contributed by atoms with van der Waals surface area (Å²) in [5, 5.41) is 13.9. The molecule has 2 rings (SSSR count). The molecule has 0 spiro atoms. The molecular formula is C13H24N4O3S. The predicted octanol–water partition coefficient (Wildman–Crippen LogP) is 0.502. The van der Waals surface area contributed by atoms with Gasteiger partial charge in [-0.3, -0.25) is 0 Å². The van der Waals surface area contributed by atoms with Crippen LogP contribution in [0.25, 0.3) is 0 Å². The number of nitrogens with zero attached hydrogens (tertiary/aromatic N) is 3. The molecule has 1 atom stereocenters. The van der Waals surface area contributed by atoms with E-state index in [4.69, 9.17) is 9.47 Å². The number of β-amino-alcohol motifs (C(OH)–C–C–N with tert-alkyl or cyclic N) is 1. The zero-order valence-corrected chi connectivity index (χ0v) is 13.7. The van der Waals surface area contributed by atoms with Gasteiger partial charge in [-0.15, -0.1) is 4.37 Å². The van der Waals surface area contributed by atoms with E-state index >= 15 is 0 Å². The Kier molecular flexibility index (Phi) is 5.74. The topological polar surface area (TPSA) is 79.7 Å². The van der Waals surface area contributed by atoms with E-state index in [0.29, 0.717) is 25.8 Å². The molecule has 0 amide bonds. The first-order valence-electron chi connectivity index (χ1n) is 7.16. The van der Waals surface area contributed by atoms with Crippen LogP contribution in [0, 0.1) is 0 Å². The van der Waals surface area contributed by atoms with E-state index in [1.165, 1.54) is 11.5 Å². The molecule has 1 saturated heterocycles. The van der Waals surface area contributed by atoms with Crippen LogP contribution in [0.2, 0.25) is 0 Å². The highest BCUT2D eigenvalue weighted by Gasteiger charge is 2.17. The van der Waals surface area contributed by atoms with Crippen molar-refractivity contribution >= 4 is 16.7 Å². The van der Waals surface area contributed by atoms with Crippen molar-refractivity contribution in [1.29, 1.82) is 0 Å². The lowest BCUT2D eigenvalue weighted by Crippen LogP contribution is -2.42. The van der Waals surface area contributed by atoms with Gasteiger partial charge in [0.1, 0.15) is 12.7 Å². The minimum Gasteiger partial charge on any atom is -0.460 e. The summed E-state index contributed by atoms with van der Waals surface area (Å²) in [6.07, 6.45) is -0.584. The summed E-state index contributed by atoms with van der Waals surface area (Å²) >= 11 is 1.31. The molecular weight excluding hydrogens is 292 g/mol. The van der Waals surface area contributed by atoms with Crippen LogP contribution in [-0.2, 0) is 4.74 Å². The Morgan fingerprint density at radius 2 is 2.14 bits per heavy atom. The van der Waals surface area contributed by atoms with E-state index in [1.54, 1.807) is 0 Å². The van der Waals surface area contributed by atoms with E-state index in [2.05, 4.69) is 40.3 Å². The first-order valence-corrected chi connectivity index (χ1v) is 7.94. The van der Waals surface area contributed by atoms with Crippen molar-refractivity contribution in [2.45, 2.75) is 32.4 Å². The van der Waals surface area contributed by atoms with Crippen molar-refractivity contribution in [3.8, 4) is 6.01 Å². The summed E-state index contributed by atoms with van der Waals surface area (Å²) in [7, 11) is 0. The molecule has 0 bridgehead atoms. The summed E-state index contributed by atoms with van der Waals surface area (Å²) in [6, 6.07) is 0.330. The highest BCUT2D eigenvalue weighted by atomic mass is 32.1. The van der Waals surface area contributed by atoms with Gasteiger partial charge in [0, 0.05) is 36.7 Å². The Morgan fingerprint density at radius 1 is 1.43 bits per heavy atom. The van der Waals surface area contributed by atoms with Crippen LogP contribution < -0.4 is 15.0 Å². The quantitative estimate of drug-likeness (QED) is 0.791. The summed E-state index contributed by atoms with van der Waals surface area (Å²) < 4.78 is 14.9. The molecule has 1 aromatic rings. The number of anilines is 1.